The van der Waals surface area contributed by atoms with Gasteiger partial charge >= 0.3 is 0 Å². The van der Waals surface area contributed by atoms with E-state index in [-0.39, 0.29) is 23.8 Å². The largest absolute Gasteiger partial charge is 0.293 e. The van der Waals surface area contributed by atoms with Gasteiger partial charge in [-0.1, -0.05) is 32.0 Å². The van der Waals surface area contributed by atoms with Gasteiger partial charge in [-0.3, -0.25) is 4.79 Å². The molecule has 4 aromatic rings. The van der Waals surface area contributed by atoms with Gasteiger partial charge in [0.15, 0.2) is 0 Å². The Morgan fingerprint density at radius 2 is 1.75 bits per heavy atom. The van der Waals surface area contributed by atoms with Crippen molar-refractivity contribution in [3.05, 3.63) is 88.0 Å². The monoisotopic (exact) mass is 380 g/mol. The van der Waals surface area contributed by atoms with Gasteiger partial charge in [-0.25, -0.2) is 18.1 Å². The maximum atomic E-state index is 14.1. The van der Waals surface area contributed by atoms with E-state index >= 15 is 0 Å². The van der Waals surface area contributed by atoms with Crippen molar-refractivity contribution >= 4 is 10.9 Å². The first-order valence-electron chi connectivity index (χ1n) is 8.94. The van der Waals surface area contributed by atoms with E-state index in [1.54, 1.807) is 36.5 Å². The molecule has 2 aromatic carbocycles. The lowest BCUT2D eigenvalue weighted by molar-refractivity contribution is 0.564. The molecule has 0 N–H and O–H groups in total. The fourth-order valence-corrected chi connectivity index (χ4v) is 3.19. The maximum absolute atomic E-state index is 14.1. The molecule has 0 saturated carbocycles. The minimum atomic E-state index is -0.394. The quantitative estimate of drug-likeness (QED) is 0.537. The van der Waals surface area contributed by atoms with Gasteiger partial charge in [0.05, 0.1) is 24.1 Å². The van der Waals surface area contributed by atoms with Crippen molar-refractivity contribution in [2.24, 2.45) is 0 Å². The van der Waals surface area contributed by atoms with E-state index in [0.717, 1.165) is 0 Å². The van der Waals surface area contributed by atoms with E-state index in [2.05, 4.69) is 10.2 Å². The van der Waals surface area contributed by atoms with Gasteiger partial charge in [-0.2, -0.15) is 10.2 Å². The molecular formula is C21H18F2N4O. The summed E-state index contributed by atoms with van der Waals surface area (Å²) in [7, 11) is 0. The summed E-state index contributed by atoms with van der Waals surface area (Å²) in [5.41, 5.74) is 1.58. The Labute approximate surface area is 159 Å². The van der Waals surface area contributed by atoms with Gasteiger partial charge in [0.2, 0.25) is 0 Å². The second-order valence-corrected chi connectivity index (χ2v) is 6.89. The molecule has 0 bridgehead atoms. The summed E-state index contributed by atoms with van der Waals surface area (Å²) in [4.78, 5) is 13.2. The van der Waals surface area contributed by atoms with Gasteiger partial charge < -0.3 is 0 Å². The van der Waals surface area contributed by atoms with Gasteiger partial charge in [-0.15, -0.1) is 0 Å². The van der Waals surface area contributed by atoms with Crippen molar-refractivity contribution in [3.63, 3.8) is 0 Å². The number of rotatable bonds is 4. The van der Waals surface area contributed by atoms with Crippen molar-refractivity contribution < 1.29 is 8.78 Å². The van der Waals surface area contributed by atoms with E-state index in [9.17, 15) is 13.6 Å². The molecule has 0 unspecified atom stereocenters. The third kappa shape index (κ3) is 3.09. The first-order valence-corrected chi connectivity index (χ1v) is 8.94. The highest BCUT2D eigenvalue weighted by Gasteiger charge is 2.19. The smallest absolute Gasteiger partial charge is 0.265 e. The molecule has 4 rings (SSSR count). The van der Waals surface area contributed by atoms with E-state index in [4.69, 9.17) is 0 Å². The number of benzene rings is 2. The Bertz CT molecular complexity index is 1210. The molecule has 0 amide bonds. The molecule has 0 aliphatic heterocycles. The maximum Gasteiger partial charge on any atom is 0.293 e. The summed E-state index contributed by atoms with van der Waals surface area (Å²) in [6.07, 6.45) is 1.59. The van der Waals surface area contributed by atoms with Gasteiger partial charge in [0, 0.05) is 10.9 Å². The molecule has 2 heterocycles. The zero-order valence-electron chi connectivity index (χ0n) is 15.4. The number of hydrogen-bond donors (Lipinski definition) is 0. The number of nitrogens with zero attached hydrogens (tertiary/aromatic N) is 4. The van der Waals surface area contributed by atoms with Crippen LogP contribution in [-0.2, 0) is 6.54 Å². The van der Waals surface area contributed by atoms with Crippen molar-refractivity contribution in [1.82, 2.24) is 19.6 Å². The van der Waals surface area contributed by atoms with Crippen LogP contribution in [0.15, 0.2) is 59.5 Å². The minimum Gasteiger partial charge on any atom is -0.265 e. The molecule has 28 heavy (non-hydrogen) atoms. The second-order valence-electron chi connectivity index (χ2n) is 6.89. The topological polar surface area (TPSA) is 52.7 Å². The molecular weight excluding hydrogens is 362 g/mol. The van der Waals surface area contributed by atoms with Gasteiger partial charge in [0.25, 0.3) is 5.56 Å². The highest BCUT2D eigenvalue weighted by atomic mass is 19.1. The third-order valence-corrected chi connectivity index (χ3v) is 4.61. The first-order chi connectivity index (χ1) is 13.5. The lowest BCUT2D eigenvalue weighted by atomic mass is 10.1. The summed E-state index contributed by atoms with van der Waals surface area (Å²) >= 11 is 0. The molecule has 0 radical (unpaired) electrons. The summed E-state index contributed by atoms with van der Waals surface area (Å²) in [5.74, 6) is -0.739. The zero-order valence-corrected chi connectivity index (χ0v) is 15.4. The Kier molecular flexibility index (Phi) is 4.50. The SMILES string of the molecule is CC(C)c1nn(Cc2ccccc2F)c(=O)c2c1cnn2-c1ccc(F)cc1. The van der Waals surface area contributed by atoms with E-state index in [1.165, 1.54) is 27.6 Å². The predicted molar refractivity (Wildman–Crippen MR) is 103 cm³/mol. The minimum absolute atomic E-state index is 0.00969. The number of hydrogen-bond acceptors (Lipinski definition) is 3. The fraction of sp³-hybridized carbons (Fsp3) is 0.190. The van der Waals surface area contributed by atoms with Crippen LogP contribution in [0.4, 0.5) is 8.78 Å². The van der Waals surface area contributed by atoms with Crippen molar-refractivity contribution in [2.45, 2.75) is 26.3 Å². The lowest BCUT2D eigenvalue weighted by Crippen LogP contribution is -2.27. The highest BCUT2D eigenvalue weighted by molar-refractivity contribution is 5.82. The van der Waals surface area contributed by atoms with Crippen LogP contribution in [0, 0.1) is 11.6 Å². The number of halogens is 2. The Morgan fingerprint density at radius 1 is 1.04 bits per heavy atom. The van der Waals surface area contributed by atoms with Crippen LogP contribution in [0.1, 0.15) is 31.0 Å². The third-order valence-electron chi connectivity index (χ3n) is 4.61. The molecule has 0 aliphatic rings. The average molecular weight is 380 g/mol. The summed E-state index contributed by atoms with van der Waals surface area (Å²) in [5, 5.41) is 9.45. The molecule has 0 atom stereocenters. The van der Waals surface area contributed by atoms with E-state index < -0.39 is 5.82 Å². The van der Waals surface area contributed by atoms with Crippen LogP contribution in [-0.4, -0.2) is 19.6 Å². The molecule has 7 heteroatoms. The van der Waals surface area contributed by atoms with Crippen LogP contribution in [0.25, 0.3) is 16.6 Å². The first kappa shape index (κ1) is 18.0. The standard InChI is InChI=1S/C21H18F2N4O/c1-13(2)19-17-11-24-27(16-9-7-15(22)8-10-16)20(17)21(28)26(25-19)12-14-5-3-4-6-18(14)23/h3-11,13H,12H2,1-2H3. The number of fused-ring (bicyclic) bond motifs is 1. The summed E-state index contributed by atoms with van der Waals surface area (Å²) in [6, 6.07) is 12.0. The number of aromatic nitrogens is 4. The zero-order chi connectivity index (χ0) is 19.8. The van der Waals surface area contributed by atoms with Crippen LogP contribution in [0.3, 0.4) is 0 Å². The van der Waals surface area contributed by atoms with Crippen LogP contribution in [0.5, 0.6) is 0 Å². The molecule has 0 aliphatic carbocycles. The van der Waals surface area contributed by atoms with Gasteiger partial charge in [-0.05, 0) is 36.2 Å². The average Bonchev–Trinajstić information content (AvgIpc) is 3.11. The van der Waals surface area contributed by atoms with Gasteiger partial charge in [0.1, 0.15) is 17.2 Å². The fourth-order valence-electron chi connectivity index (χ4n) is 3.19. The normalized spacial score (nSPS) is 11.5. The lowest BCUT2D eigenvalue weighted by Gasteiger charge is -2.12. The van der Waals surface area contributed by atoms with Crippen molar-refractivity contribution in [3.8, 4) is 5.69 Å². The van der Waals surface area contributed by atoms with E-state index in [1.807, 2.05) is 13.8 Å². The van der Waals surface area contributed by atoms with Crippen LogP contribution in [0.2, 0.25) is 0 Å². The predicted octanol–water partition coefficient (Wildman–Crippen LogP) is 4.03. The molecule has 142 valence electrons. The molecule has 5 nitrogen and oxygen atoms in total. The highest BCUT2D eigenvalue weighted by Crippen LogP contribution is 2.23. The Balaban J connectivity index is 1.95. The Hall–Kier alpha value is -3.35. The summed E-state index contributed by atoms with van der Waals surface area (Å²) < 4.78 is 30.1. The van der Waals surface area contributed by atoms with Crippen LogP contribution >= 0.6 is 0 Å². The van der Waals surface area contributed by atoms with Crippen LogP contribution < -0.4 is 5.56 Å². The van der Waals surface area contributed by atoms with E-state index in [0.29, 0.717) is 27.8 Å². The second kappa shape index (κ2) is 6.99. The van der Waals surface area contributed by atoms with Crippen molar-refractivity contribution in [2.75, 3.05) is 0 Å². The Morgan fingerprint density at radius 3 is 2.43 bits per heavy atom. The summed E-state index contributed by atoms with van der Waals surface area (Å²) in [6.45, 7) is 3.94. The molecule has 0 spiro atoms. The van der Waals surface area contributed by atoms with Crippen molar-refractivity contribution in [1.29, 1.82) is 0 Å². The molecule has 2 aromatic heterocycles. The molecule has 0 saturated heterocycles. The molecule has 0 fully saturated rings.